The van der Waals surface area contributed by atoms with Gasteiger partial charge in [0, 0.05) is 26.1 Å². The van der Waals surface area contributed by atoms with Gasteiger partial charge < -0.3 is 10.6 Å². The van der Waals surface area contributed by atoms with Crippen molar-refractivity contribution >= 4 is 5.91 Å². The van der Waals surface area contributed by atoms with Gasteiger partial charge >= 0.3 is 0 Å². The summed E-state index contributed by atoms with van der Waals surface area (Å²) in [5.41, 5.74) is 10.5. The lowest BCUT2D eigenvalue weighted by Gasteiger charge is -2.22. The summed E-state index contributed by atoms with van der Waals surface area (Å²) in [5, 5.41) is 0. The molecular formula is C15H24N2O. The Balaban J connectivity index is 2.85. The highest BCUT2D eigenvalue weighted by Gasteiger charge is 2.16. The van der Waals surface area contributed by atoms with Crippen molar-refractivity contribution in [2.45, 2.75) is 34.2 Å². The van der Waals surface area contributed by atoms with Crippen LogP contribution in [-0.2, 0) is 11.3 Å². The minimum Gasteiger partial charge on any atom is -0.341 e. The first kappa shape index (κ1) is 14.7. The molecule has 0 spiro atoms. The van der Waals surface area contributed by atoms with Gasteiger partial charge in [-0.3, -0.25) is 4.79 Å². The second kappa shape index (κ2) is 6.01. The molecule has 0 saturated carbocycles. The molecule has 18 heavy (non-hydrogen) atoms. The summed E-state index contributed by atoms with van der Waals surface area (Å²) in [6, 6.07) is 4.34. The van der Waals surface area contributed by atoms with E-state index in [1.807, 2.05) is 14.0 Å². The molecular weight excluding hydrogens is 224 g/mol. The minimum absolute atomic E-state index is 0.107. The molecule has 100 valence electrons. The van der Waals surface area contributed by atoms with Crippen molar-refractivity contribution in [3.05, 3.63) is 34.4 Å². The topological polar surface area (TPSA) is 46.3 Å². The van der Waals surface area contributed by atoms with Crippen molar-refractivity contribution in [3.8, 4) is 0 Å². The van der Waals surface area contributed by atoms with Gasteiger partial charge in [-0.1, -0.05) is 19.1 Å². The number of nitrogens with two attached hydrogens (primary N) is 1. The van der Waals surface area contributed by atoms with Crippen molar-refractivity contribution in [3.63, 3.8) is 0 Å². The zero-order valence-electron chi connectivity index (χ0n) is 12.1. The molecule has 1 amide bonds. The number of nitrogens with zero attached hydrogens (tertiary/aromatic N) is 1. The Morgan fingerprint density at radius 2 is 1.78 bits per heavy atom. The number of hydrogen-bond acceptors (Lipinski definition) is 2. The second-order valence-electron chi connectivity index (χ2n) is 5.19. The SMILES string of the molecule is Cc1cc(C)c(CN(C)C(=O)C(C)CN)cc1C. The fourth-order valence-electron chi connectivity index (χ4n) is 2.00. The highest BCUT2D eigenvalue weighted by molar-refractivity contribution is 5.78. The normalized spacial score (nSPS) is 12.3. The minimum atomic E-state index is -0.109. The number of amides is 1. The van der Waals surface area contributed by atoms with E-state index in [9.17, 15) is 4.79 Å². The van der Waals surface area contributed by atoms with E-state index in [2.05, 4.69) is 32.9 Å². The number of carbonyl (C=O) groups is 1. The predicted molar refractivity (Wildman–Crippen MR) is 75.3 cm³/mol. The maximum atomic E-state index is 12.0. The lowest BCUT2D eigenvalue weighted by Crippen LogP contribution is -2.34. The maximum Gasteiger partial charge on any atom is 0.226 e. The molecule has 0 bridgehead atoms. The van der Waals surface area contributed by atoms with E-state index in [0.29, 0.717) is 13.1 Å². The quantitative estimate of drug-likeness (QED) is 0.887. The summed E-state index contributed by atoms with van der Waals surface area (Å²) in [4.78, 5) is 13.7. The molecule has 0 aliphatic heterocycles. The average Bonchev–Trinajstić information content (AvgIpc) is 2.33. The maximum absolute atomic E-state index is 12.0. The molecule has 2 N–H and O–H groups in total. The third-order valence-electron chi connectivity index (χ3n) is 3.51. The van der Waals surface area contributed by atoms with Crippen LogP contribution in [0.1, 0.15) is 29.2 Å². The number of hydrogen-bond donors (Lipinski definition) is 1. The average molecular weight is 248 g/mol. The van der Waals surface area contributed by atoms with E-state index in [0.717, 1.165) is 0 Å². The van der Waals surface area contributed by atoms with Crippen LogP contribution in [0.2, 0.25) is 0 Å². The lowest BCUT2D eigenvalue weighted by atomic mass is 10.0. The molecule has 3 heteroatoms. The third-order valence-corrected chi connectivity index (χ3v) is 3.51. The predicted octanol–water partition coefficient (Wildman–Crippen LogP) is 2.17. The van der Waals surface area contributed by atoms with Gasteiger partial charge in [-0.25, -0.2) is 0 Å². The van der Waals surface area contributed by atoms with Crippen LogP contribution in [0.15, 0.2) is 12.1 Å². The molecule has 3 nitrogen and oxygen atoms in total. The highest BCUT2D eigenvalue weighted by Crippen LogP contribution is 2.17. The van der Waals surface area contributed by atoms with Crippen LogP contribution in [0.25, 0.3) is 0 Å². The molecule has 0 aliphatic rings. The number of benzene rings is 1. The van der Waals surface area contributed by atoms with Crippen molar-refractivity contribution in [2.75, 3.05) is 13.6 Å². The Kier molecular flexibility index (Phi) is 4.91. The second-order valence-corrected chi connectivity index (χ2v) is 5.19. The Labute approximate surface area is 110 Å². The first-order valence-corrected chi connectivity index (χ1v) is 6.38. The molecule has 0 aliphatic carbocycles. The van der Waals surface area contributed by atoms with Crippen LogP contribution >= 0.6 is 0 Å². The largest absolute Gasteiger partial charge is 0.341 e. The Morgan fingerprint density at radius 1 is 1.22 bits per heavy atom. The molecule has 1 atom stereocenters. The molecule has 0 saturated heterocycles. The van der Waals surface area contributed by atoms with Gasteiger partial charge in [0.2, 0.25) is 5.91 Å². The number of carbonyl (C=O) groups excluding carboxylic acids is 1. The monoisotopic (exact) mass is 248 g/mol. The summed E-state index contributed by atoms with van der Waals surface area (Å²) in [7, 11) is 1.84. The van der Waals surface area contributed by atoms with E-state index in [-0.39, 0.29) is 11.8 Å². The fourth-order valence-corrected chi connectivity index (χ4v) is 2.00. The first-order valence-electron chi connectivity index (χ1n) is 6.38. The van der Waals surface area contributed by atoms with Crippen LogP contribution in [0.4, 0.5) is 0 Å². The van der Waals surface area contributed by atoms with Crippen molar-refractivity contribution in [1.82, 2.24) is 4.90 Å². The zero-order chi connectivity index (χ0) is 13.9. The van der Waals surface area contributed by atoms with Crippen LogP contribution in [0, 0.1) is 26.7 Å². The zero-order valence-corrected chi connectivity index (χ0v) is 12.1. The summed E-state index contributed by atoms with van der Waals surface area (Å²) in [5.74, 6) is -0.00280. The molecule has 1 rings (SSSR count). The summed E-state index contributed by atoms with van der Waals surface area (Å²) >= 11 is 0. The van der Waals surface area contributed by atoms with Crippen LogP contribution in [0.3, 0.4) is 0 Å². The Bertz CT molecular complexity index is 440. The van der Waals surface area contributed by atoms with E-state index in [1.165, 1.54) is 22.3 Å². The van der Waals surface area contributed by atoms with Gasteiger partial charge in [0.05, 0.1) is 0 Å². The molecule has 1 aromatic carbocycles. The van der Waals surface area contributed by atoms with Gasteiger partial charge in [-0.15, -0.1) is 0 Å². The molecule has 0 aromatic heterocycles. The van der Waals surface area contributed by atoms with Crippen LogP contribution in [0.5, 0.6) is 0 Å². The standard InChI is InChI=1S/C15H24N2O/c1-10-6-12(3)14(7-11(10)2)9-17(5)15(18)13(4)8-16/h6-7,13H,8-9,16H2,1-5H3. The van der Waals surface area contributed by atoms with Gasteiger partial charge in [-0.2, -0.15) is 0 Å². The molecule has 1 unspecified atom stereocenters. The number of aryl methyl sites for hydroxylation is 3. The van der Waals surface area contributed by atoms with Crippen LogP contribution in [-0.4, -0.2) is 24.4 Å². The van der Waals surface area contributed by atoms with Crippen LogP contribution < -0.4 is 5.73 Å². The Morgan fingerprint density at radius 3 is 2.33 bits per heavy atom. The van der Waals surface area contributed by atoms with E-state index >= 15 is 0 Å². The fraction of sp³-hybridized carbons (Fsp3) is 0.533. The van der Waals surface area contributed by atoms with Gasteiger partial charge in [0.15, 0.2) is 0 Å². The van der Waals surface area contributed by atoms with E-state index in [4.69, 9.17) is 5.73 Å². The van der Waals surface area contributed by atoms with E-state index < -0.39 is 0 Å². The molecule has 1 aromatic rings. The van der Waals surface area contributed by atoms with Crippen molar-refractivity contribution in [1.29, 1.82) is 0 Å². The molecule has 0 fully saturated rings. The summed E-state index contributed by atoms with van der Waals surface area (Å²) < 4.78 is 0. The van der Waals surface area contributed by atoms with E-state index in [1.54, 1.807) is 4.90 Å². The van der Waals surface area contributed by atoms with Gasteiger partial charge in [-0.05, 0) is 43.0 Å². The first-order chi connectivity index (χ1) is 8.36. The highest BCUT2D eigenvalue weighted by atomic mass is 16.2. The third kappa shape index (κ3) is 3.33. The Hall–Kier alpha value is -1.35. The summed E-state index contributed by atoms with van der Waals surface area (Å²) in [6.07, 6.45) is 0. The molecule has 0 heterocycles. The van der Waals surface area contributed by atoms with Gasteiger partial charge in [0.25, 0.3) is 0 Å². The number of rotatable bonds is 4. The smallest absolute Gasteiger partial charge is 0.226 e. The van der Waals surface area contributed by atoms with Crippen molar-refractivity contribution in [2.24, 2.45) is 11.7 Å². The van der Waals surface area contributed by atoms with Crippen molar-refractivity contribution < 1.29 is 4.79 Å². The van der Waals surface area contributed by atoms with Gasteiger partial charge in [0.1, 0.15) is 0 Å². The summed E-state index contributed by atoms with van der Waals surface area (Å²) in [6.45, 7) is 9.21. The molecule has 0 radical (unpaired) electrons. The lowest BCUT2D eigenvalue weighted by molar-refractivity contribution is -0.133.